The SMILES string of the molecule is Cc1nc(N2CCN(C)CC2)oc1Nc1ncc(C(F)(F)F)c(NCCCC2(C(N)=O)CCC2)n1. The molecule has 4 rings (SSSR count). The second kappa shape index (κ2) is 9.88. The zero-order valence-electron chi connectivity index (χ0n) is 19.9. The first-order chi connectivity index (χ1) is 16.6. The molecule has 2 aromatic heterocycles. The van der Waals surface area contributed by atoms with Gasteiger partial charge in [0.2, 0.25) is 17.7 Å². The number of amides is 1. The summed E-state index contributed by atoms with van der Waals surface area (Å²) >= 11 is 0. The molecule has 1 aliphatic carbocycles. The number of alkyl halides is 3. The lowest BCUT2D eigenvalue weighted by Gasteiger charge is -2.38. The summed E-state index contributed by atoms with van der Waals surface area (Å²) < 4.78 is 46.4. The van der Waals surface area contributed by atoms with Gasteiger partial charge in [0.25, 0.3) is 6.01 Å². The minimum absolute atomic E-state index is 0.0442. The molecule has 10 nitrogen and oxygen atoms in total. The zero-order chi connectivity index (χ0) is 25.2. The van der Waals surface area contributed by atoms with Gasteiger partial charge in [-0.05, 0) is 39.7 Å². The van der Waals surface area contributed by atoms with Crippen LogP contribution >= 0.6 is 0 Å². The van der Waals surface area contributed by atoms with Crippen LogP contribution in [0.4, 0.5) is 36.8 Å². The van der Waals surface area contributed by atoms with E-state index in [1.54, 1.807) is 6.92 Å². The summed E-state index contributed by atoms with van der Waals surface area (Å²) in [5.74, 6) is -0.449. The number of likely N-dealkylation sites (N-methyl/N-ethyl adjacent to an activating group) is 1. The lowest BCUT2D eigenvalue weighted by atomic mass is 9.65. The number of primary amides is 1. The minimum atomic E-state index is -4.62. The molecular weight excluding hydrogens is 465 g/mol. The molecule has 13 heteroatoms. The molecule has 2 aliphatic rings. The van der Waals surface area contributed by atoms with Crippen molar-refractivity contribution in [2.45, 2.75) is 45.2 Å². The molecule has 1 aliphatic heterocycles. The molecule has 1 amide bonds. The molecule has 1 saturated heterocycles. The molecule has 0 radical (unpaired) electrons. The summed E-state index contributed by atoms with van der Waals surface area (Å²) in [6.07, 6.45) is -0.481. The number of hydrogen-bond donors (Lipinski definition) is 3. The largest absolute Gasteiger partial charge is 0.421 e. The fourth-order valence-electron chi connectivity index (χ4n) is 4.37. The number of carbonyl (C=O) groups excluding carboxylic acids is 1. The number of piperazine rings is 1. The number of nitrogens with two attached hydrogens (primary N) is 1. The molecule has 3 heterocycles. The van der Waals surface area contributed by atoms with Gasteiger partial charge in [0.1, 0.15) is 17.1 Å². The van der Waals surface area contributed by atoms with E-state index in [0.29, 0.717) is 24.6 Å². The number of oxazole rings is 1. The van der Waals surface area contributed by atoms with Crippen molar-refractivity contribution in [2.75, 3.05) is 55.3 Å². The number of nitrogens with one attached hydrogen (secondary N) is 2. The Morgan fingerprint density at radius 2 is 1.94 bits per heavy atom. The number of aryl methyl sites for hydroxylation is 1. The number of rotatable bonds is 9. The fraction of sp³-hybridized carbons (Fsp3) is 0.636. The number of aromatic nitrogens is 3. The molecule has 1 saturated carbocycles. The lowest BCUT2D eigenvalue weighted by molar-refractivity contribution is -0.137. The number of hydrogen-bond acceptors (Lipinski definition) is 9. The molecular formula is C22H31F3N8O2. The predicted molar refractivity (Wildman–Crippen MR) is 124 cm³/mol. The van der Waals surface area contributed by atoms with E-state index in [0.717, 1.165) is 51.6 Å². The Labute approximate surface area is 201 Å². The van der Waals surface area contributed by atoms with E-state index < -0.39 is 17.2 Å². The van der Waals surface area contributed by atoms with Gasteiger partial charge in [0.15, 0.2) is 0 Å². The van der Waals surface area contributed by atoms with Crippen molar-refractivity contribution in [1.82, 2.24) is 19.9 Å². The highest BCUT2D eigenvalue weighted by molar-refractivity contribution is 5.81. The Balaban J connectivity index is 1.44. The van der Waals surface area contributed by atoms with Crippen LogP contribution in [0.5, 0.6) is 0 Å². The van der Waals surface area contributed by atoms with Crippen molar-refractivity contribution >= 4 is 29.6 Å². The lowest BCUT2D eigenvalue weighted by Crippen LogP contribution is -2.44. The third-order valence-electron chi connectivity index (χ3n) is 6.84. The second-order valence-corrected chi connectivity index (χ2v) is 9.31. The summed E-state index contributed by atoms with van der Waals surface area (Å²) in [5.41, 5.74) is 4.56. The van der Waals surface area contributed by atoms with Gasteiger partial charge in [0, 0.05) is 44.3 Å². The fourth-order valence-corrected chi connectivity index (χ4v) is 4.37. The van der Waals surface area contributed by atoms with Crippen molar-refractivity contribution in [3.8, 4) is 0 Å². The topological polar surface area (TPSA) is 125 Å². The number of carbonyl (C=O) groups is 1. The smallest absolute Gasteiger partial charge is 0.407 e. The van der Waals surface area contributed by atoms with E-state index in [1.165, 1.54) is 0 Å². The van der Waals surface area contributed by atoms with Crippen LogP contribution in [0, 0.1) is 12.3 Å². The Morgan fingerprint density at radius 1 is 1.23 bits per heavy atom. The van der Waals surface area contributed by atoms with Crippen molar-refractivity contribution in [3.63, 3.8) is 0 Å². The van der Waals surface area contributed by atoms with Crippen LogP contribution in [-0.2, 0) is 11.0 Å². The van der Waals surface area contributed by atoms with Crippen LogP contribution < -0.4 is 21.3 Å². The van der Waals surface area contributed by atoms with Crippen LogP contribution in [0.15, 0.2) is 10.6 Å². The number of anilines is 4. The van der Waals surface area contributed by atoms with Crippen molar-refractivity contribution in [2.24, 2.45) is 11.1 Å². The van der Waals surface area contributed by atoms with Gasteiger partial charge in [-0.3, -0.25) is 10.1 Å². The maximum Gasteiger partial charge on any atom is 0.421 e. The molecule has 4 N–H and O–H groups in total. The molecule has 35 heavy (non-hydrogen) atoms. The van der Waals surface area contributed by atoms with Crippen molar-refractivity contribution in [3.05, 3.63) is 17.5 Å². The summed E-state index contributed by atoms with van der Waals surface area (Å²) in [6.45, 7) is 5.23. The van der Waals surface area contributed by atoms with E-state index in [1.807, 2.05) is 11.9 Å². The van der Waals surface area contributed by atoms with Gasteiger partial charge in [-0.15, -0.1) is 0 Å². The van der Waals surface area contributed by atoms with Gasteiger partial charge in [-0.25, -0.2) is 4.98 Å². The van der Waals surface area contributed by atoms with Crippen molar-refractivity contribution in [1.29, 1.82) is 0 Å². The maximum absolute atomic E-state index is 13.5. The first-order valence-electron chi connectivity index (χ1n) is 11.7. The van der Waals surface area contributed by atoms with Gasteiger partial charge >= 0.3 is 6.18 Å². The van der Waals surface area contributed by atoms with Crippen LogP contribution in [0.25, 0.3) is 0 Å². The first kappa shape index (κ1) is 25.0. The standard InChI is InChI=1S/C22H31F3N8O2/c1-14-17(35-20(29-14)33-11-9-32(2)10-12-33)31-19-28-13-15(22(23,24)25)16(30-19)27-8-4-7-21(18(26)34)5-3-6-21/h13H,3-12H2,1-2H3,(H2,26,34)(H2,27,28,30,31). The van der Waals surface area contributed by atoms with Crippen LogP contribution in [-0.4, -0.2) is 65.5 Å². The molecule has 0 aromatic carbocycles. The second-order valence-electron chi connectivity index (χ2n) is 9.31. The normalized spacial score (nSPS) is 18.3. The monoisotopic (exact) mass is 496 g/mol. The average molecular weight is 497 g/mol. The molecule has 0 bridgehead atoms. The van der Waals surface area contributed by atoms with Crippen LogP contribution in [0.1, 0.15) is 43.4 Å². The van der Waals surface area contributed by atoms with Crippen molar-refractivity contribution < 1.29 is 22.4 Å². The summed E-state index contributed by atoms with van der Waals surface area (Å²) in [4.78, 5) is 28.3. The predicted octanol–water partition coefficient (Wildman–Crippen LogP) is 3.13. The molecule has 192 valence electrons. The Kier molecular flexibility index (Phi) is 7.06. The van der Waals surface area contributed by atoms with Crippen LogP contribution in [0.2, 0.25) is 0 Å². The minimum Gasteiger partial charge on any atom is -0.407 e. The van der Waals surface area contributed by atoms with Crippen LogP contribution in [0.3, 0.4) is 0 Å². The Morgan fingerprint density at radius 3 is 2.54 bits per heavy atom. The Hall–Kier alpha value is -3.09. The Bertz CT molecular complexity index is 1050. The molecule has 0 atom stereocenters. The van der Waals surface area contributed by atoms with E-state index in [9.17, 15) is 18.0 Å². The van der Waals surface area contributed by atoms with E-state index >= 15 is 0 Å². The van der Waals surface area contributed by atoms with E-state index in [4.69, 9.17) is 10.2 Å². The number of nitrogens with zero attached hydrogens (tertiary/aromatic N) is 5. The molecule has 0 unspecified atom stereocenters. The summed E-state index contributed by atoms with van der Waals surface area (Å²) in [5, 5.41) is 5.61. The molecule has 2 aromatic rings. The number of halogens is 3. The average Bonchev–Trinajstić information content (AvgIpc) is 3.12. The highest BCUT2D eigenvalue weighted by Gasteiger charge is 2.42. The third-order valence-corrected chi connectivity index (χ3v) is 6.84. The van der Waals surface area contributed by atoms with Gasteiger partial charge in [0.05, 0.1) is 0 Å². The van der Waals surface area contributed by atoms with Gasteiger partial charge in [-0.2, -0.15) is 23.1 Å². The highest BCUT2D eigenvalue weighted by Crippen LogP contribution is 2.44. The highest BCUT2D eigenvalue weighted by atomic mass is 19.4. The van der Waals surface area contributed by atoms with E-state index in [2.05, 4.69) is 30.5 Å². The van der Waals surface area contributed by atoms with Gasteiger partial charge in [-0.1, -0.05) is 6.42 Å². The molecule has 0 spiro atoms. The van der Waals surface area contributed by atoms with E-state index in [-0.39, 0.29) is 30.1 Å². The zero-order valence-corrected chi connectivity index (χ0v) is 19.9. The molecule has 2 fully saturated rings. The third kappa shape index (κ3) is 5.60. The quantitative estimate of drug-likeness (QED) is 0.449. The van der Waals surface area contributed by atoms with Gasteiger partial charge < -0.3 is 25.3 Å². The maximum atomic E-state index is 13.5. The summed E-state index contributed by atoms with van der Waals surface area (Å²) in [6, 6.07) is 0.447. The first-order valence-corrected chi connectivity index (χ1v) is 11.7. The summed E-state index contributed by atoms with van der Waals surface area (Å²) in [7, 11) is 2.04.